The first-order valence-electron chi connectivity index (χ1n) is 7.02. The standard InChI is InChI=1S/C15H16N4O3/c1-22-15(21)12-4-2-11(3-5-12)14(20)18-9-6-13(10-18)19-16-7-8-17-19/h2-5,7-8,13H,6,9-10H2,1H3. The summed E-state index contributed by atoms with van der Waals surface area (Å²) in [5, 5.41) is 8.24. The van der Waals surface area contributed by atoms with Gasteiger partial charge in [-0.05, 0) is 30.7 Å². The van der Waals surface area contributed by atoms with Crippen molar-refractivity contribution in [3.8, 4) is 0 Å². The molecule has 7 heteroatoms. The van der Waals surface area contributed by atoms with E-state index in [1.165, 1.54) is 7.11 Å². The van der Waals surface area contributed by atoms with Gasteiger partial charge < -0.3 is 9.64 Å². The van der Waals surface area contributed by atoms with Crippen LogP contribution in [0, 0.1) is 0 Å². The number of methoxy groups -OCH3 is 1. The van der Waals surface area contributed by atoms with Gasteiger partial charge in [0, 0.05) is 18.7 Å². The molecule has 1 aromatic heterocycles. The molecule has 1 aliphatic heterocycles. The molecule has 1 atom stereocenters. The number of likely N-dealkylation sites (tertiary alicyclic amines) is 1. The molecule has 1 aliphatic rings. The van der Waals surface area contributed by atoms with Gasteiger partial charge >= 0.3 is 5.97 Å². The number of carbonyl (C=O) groups excluding carboxylic acids is 2. The summed E-state index contributed by atoms with van der Waals surface area (Å²) in [4.78, 5) is 27.3. The highest BCUT2D eigenvalue weighted by atomic mass is 16.5. The Balaban J connectivity index is 1.68. The monoisotopic (exact) mass is 300 g/mol. The van der Waals surface area contributed by atoms with Gasteiger partial charge in [0.15, 0.2) is 0 Å². The predicted octanol–water partition coefficient (Wildman–Crippen LogP) is 1.15. The van der Waals surface area contributed by atoms with Crippen LogP contribution in [0.3, 0.4) is 0 Å². The Morgan fingerprint density at radius 3 is 2.41 bits per heavy atom. The minimum atomic E-state index is -0.412. The first-order chi connectivity index (χ1) is 10.7. The van der Waals surface area contributed by atoms with Crippen molar-refractivity contribution in [3.05, 3.63) is 47.8 Å². The van der Waals surface area contributed by atoms with Crippen molar-refractivity contribution in [2.24, 2.45) is 0 Å². The molecule has 0 saturated carbocycles. The van der Waals surface area contributed by atoms with Gasteiger partial charge in [0.2, 0.25) is 0 Å². The highest BCUT2D eigenvalue weighted by molar-refractivity contribution is 5.96. The van der Waals surface area contributed by atoms with Crippen LogP contribution < -0.4 is 0 Å². The zero-order chi connectivity index (χ0) is 15.5. The van der Waals surface area contributed by atoms with Gasteiger partial charge in [-0.3, -0.25) is 4.79 Å². The largest absolute Gasteiger partial charge is 0.465 e. The summed E-state index contributed by atoms with van der Waals surface area (Å²) in [6.07, 6.45) is 4.10. The second kappa shape index (κ2) is 5.97. The molecule has 0 N–H and O–H groups in total. The summed E-state index contributed by atoms with van der Waals surface area (Å²) in [7, 11) is 1.33. The molecule has 0 aliphatic carbocycles. The minimum Gasteiger partial charge on any atom is -0.465 e. The molecule has 0 bridgehead atoms. The maximum absolute atomic E-state index is 12.5. The molecule has 0 spiro atoms. The van der Waals surface area contributed by atoms with E-state index in [2.05, 4.69) is 14.9 Å². The summed E-state index contributed by atoms with van der Waals surface area (Å²) in [5.74, 6) is -0.462. The minimum absolute atomic E-state index is 0.0499. The quantitative estimate of drug-likeness (QED) is 0.795. The maximum Gasteiger partial charge on any atom is 0.337 e. The van der Waals surface area contributed by atoms with Crippen molar-refractivity contribution in [2.75, 3.05) is 20.2 Å². The summed E-state index contributed by atoms with van der Waals surface area (Å²) in [6.45, 7) is 1.26. The van der Waals surface area contributed by atoms with E-state index in [4.69, 9.17) is 0 Å². The number of carbonyl (C=O) groups is 2. The fourth-order valence-corrected chi connectivity index (χ4v) is 2.58. The van der Waals surface area contributed by atoms with E-state index in [0.29, 0.717) is 24.2 Å². The average Bonchev–Trinajstić information content (AvgIpc) is 3.24. The predicted molar refractivity (Wildman–Crippen MR) is 77.4 cm³/mol. The van der Waals surface area contributed by atoms with Crippen LogP contribution in [0.15, 0.2) is 36.7 Å². The number of esters is 1. The van der Waals surface area contributed by atoms with Crippen LogP contribution in [0.4, 0.5) is 0 Å². The molecule has 1 amide bonds. The smallest absolute Gasteiger partial charge is 0.337 e. The van der Waals surface area contributed by atoms with E-state index in [1.54, 1.807) is 46.4 Å². The SMILES string of the molecule is COC(=O)c1ccc(C(=O)N2CCC(n3nccn3)C2)cc1. The number of hydrogen-bond acceptors (Lipinski definition) is 5. The van der Waals surface area contributed by atoms with E-state index in [9.17, 15) is 9.59 Å². The lowest BCUT2D eigenvalue weighted by Gasteiger charge is -2.16. The van der Waals surface area contributed by atoms with Crippen molar-refractivity contribution in [1.82, 2.24) is 19.9 Å². The third-order valence-corrected chi connectivity index (χ3v) is 3.77. The molecule has 1 aromatic carbocycles. The van der Waals surface area contributed by atoms with Gasteiger partial charge in [-0.25, -0.2) is 4.79 Å². The lowest BCUT2D eigenvalue weighted by molar-refractivity contribution is 0.0600. The number of aromatic nitrogens is 3. The van der Waals surface area contributed by atoms with Gasteiger partial charge in [0.05, 0.1) is 31.1 Å². The molecule has 3 rings (SSSR count). The normalized spacial score (nSPS) is 17.5. The van der Waals surface area contributed by atoms with Gasteiger partial charge in [0.1, 0.15) is 0 Å². The molecule has 1 unspecified atom stereocenters. The number of rotatable bonds is 3. The highest BCUT2D eigenvalue weighted by Crippen LogP contribution is 2.21. The Labute approximate surface area is 127 Å². The summed E-state index contributed by atoms with van der Waals surface area (Å²) in [5.41, 5.74) is 0.987. The van der Waals surface area contributed by atoms with E-state index >= 15 is 0 Å². The number of ether oxygens (including phenoxy) is 1. The second-order valence-electron chi connectivity index (χ2n) is 5.11. The second-order valence-corrected chi connectivity index (χ2v) is 5.11. The summed E-state index contributed by atoms with van der Waals surface area (Å²) < 4.78 is 4.64. The summed E-state index contributed by atoms with van der Waals surface area (Å²) in [6, 6.07) is 6.61. The molecule has 22 heavy (non-hydrogen) atoms. The Morgan fingerprint density at radius 1 is 1.14 bits per heavy atom. The number of amides is 1. The summed E-state index contributed by atoms with van der Waals surface area (Å²) >= 11 is 0. The van der Waals surface area contributed by atoms with Crippen LogP contribution in [0.5, 0.6) is 0 Å². The first kappa shape index (κ1) is 14.2. The van der Waals surface area contributed by atoms with Gasteiger partial charge in [-0.2, -0.15) is 15.0 Å². The number of nitrogens with zero attached hydrogens (tertiary/aromatic N) is 4. The lowest BCUT2D eigenvalue weighted by Crippen LogP contribution is -2.29. The first-order valence-corrected chi connectivity index (χ1v) is 7.02. The molecule has 7 nitrogen and oxygen atoms in total. The Kier molecular flexibility index (Phi) is 3.86. The molecule has 1 saturated heterocycles. The van der Waals surface area contributed by atoms with Crippen molar-refractivity contribution >= 4 is 11.9 Å². The molecule has 114 valence electrons. The molecular weight excluding hydrogens is 284 g/mol. The van der Waals surface area contributed by atoms with Crippen LogP contribution in [0.25, 0.3) is 0 Å². The topological polar surface area (TPSA) is 77.3 Å². The van der Waals surface area contributed by atoms with Crippen molar-refractivity contribution in [1.29, 1.82) is 0 Å². The zero-order valence-corrected chi connectivity index (χ0v) is 12.2. The average molecular weight is 300 g/mol. The Morgan fingerprint density at radius 2 is 1.77 bits per heavy atom. The number of benzene rings is 1. The lowest BCUT2D eigenvalue weighted by atomic mass is 10.1. The van der Waals surface area contributed by atoms with Crippen LogP contribution in [-0.4, -0.2) is 52.0 Å². The third kappa shape index (κ3) is 2.69. The molecule has 2 aromatic rings. The van der Waals surface area contributed by atoms with Gasteiger partial charge in [-0.1, -0.05) is 0 Å². The van der Waals surface area contributed by atoms with Crippen LogP contribution in [0.2, 0.25) is 0 Å². The fraction of sp³-hybridized carbons (Fsp3) is 0.333. The maximum atomic E-state index is 12.5. The number of hydrogen-bond donors (Lipinski definition) is 0. The Hall–Kier alpha value is -2.70. The van der Waals surface area contributed by atoms with Crippen molar-refractivity contribution < 1.29 is 14.3 Å². The van der Waals surface area contributed by atoms with E-state index in [1.807, 2.05) is 0 Å². The molecule has 1 fully saturated rings. The van der Waals surface area contributed by atoms with Crippen LogP contribution in [0.1, 0.15) is 33.2 Å². The van der Waals surface area contributed by atoms with E-state index in [0.717, 1.165) is 6.42 Å². The Bertz CT molecular complexity index is 667. The van der Waals surface area contributed by atoms with Crippen molar-refractivity contribution in [3.63, 3.8) is 0 Å². The molecule has 2 heterocycles. The highest BCUT2D eigenvalue weighted by Gasteiger charge is 2.29. The molecule has 0 radical (unpaired) electrons. The van der Waals surface area contributed by atoms with Crippen LogP contribution in [-0.2, 0) is 4.74 Å². The molecular formula is C15H16N4O3. The van der Waals surface area contributed by atoms with E-state index < -0.39 is 5.97 Å². The zero-order valence-electron chi connectivity index (χ0n) is 12.2. The van der Waals surface area contributed by atoms with Crippen molar-refractivity contribution in [2.45, 2.75) is 12.5 Å². The van der Waals surface area contributed by atoms with E-state index in [-0.39, 0.29) is 11.9 Å². The van der Waals surface area contributed by atoms with Gasteiger partial charge in [0.25, 0.3) is 5.91 Å². The fourth-order valence-electron chi connectivity index (χ4n) is 2.58. The van der Waals surface area contributed by atoms with Gasteiger partial charge in [-0.15, -0.1) is 0 Å². The third-order valence-electron chi connectivity index (χ3n) is 3.77. The van der Waals surface area contributed by atoms with Crippen LogP contribution >= 0.6 is 0 Å².